The summed E-state index contributed by atoms with van der Waals surface area (Å²) < 4.78 is 0. The third-order valence-electron chi connectivity index (χ3n) is 8.41. The summed E-state index contributed by atoms with van der Waals surface area (Å²) in [7, 11) is 0. The van der Waals surface area contributed by atoms with Gasteiger partial charge in [0.2, 0.25) is 11.7 Å². The number of carbonyl (C=O) groups excluding carboxylic acids is 2. The highest BCUT2D eigenvalue weighted by Gasteiger charge is 2.35. The van der Waals surface area contributed by atoms with Gasteiger partial charge in [0.05, 0.1) is 11.7 Å². The van der Waals surface area contributed by atoms with Crippen LogP contribution in [0, 0.1) is 11.8 Å². The fraction of sp³-hybridized carbons (Fsp3) is 0.273. The lowest BCUT2D eigenvalue weighted by molar-refractivity contribution is -0.130. The number of aromatic nitrogens is 5. The second-order valence-electron chi connectivity index (χ2n) is 11.2. The quantitative estimate of drug-likeness (QED) is 0.228. The number of nitrogens with one attached hydrogen (secondary N) is 1. The predicted octanol–water partition coefficient (Wildman–Crippen LogP) is 4.70. The Morgan fingerprint density at radius 1 is 0.909 bits per heavy atom. The van der Waals surface area contributed by atoms with Crippen molar-refractivity contribution in [1.29, 1.82) is 0 Å². The Labute approximate surface area is 261 Å². The van der Waals surface area contributed by atoms with Gasteiger partial charge >= 0.3 is 0 Å². The van der Waals surface area contributed by atoms with Gasteiger partial charge < -0.3 is 11.5 Å². The number of anilines is 1. The number of fused-ring (bicyclic) bond motifs is 1. The molecule has 3 aromatic carbocycles. The fourth-order valence-corrected chi connectivity index (χ4v) is 5.91. The maximum absolute atomic E-state index is 13.9. The molecule has 2 amide bonds. The molecule has 226 valence electrons. The van der Waals surface area contributed by atoms with E-state index in [1.807, 2.05) is 54.9 Å². The zero-order chi connectivity index (χ0) is 29.8. The summed E-state index contributed by atoms with van der Waals surface area (Å²) in [6.45, 7) is 0.613. The van der Waals surface area contributed by atoms with Crippen molar-refractivity contribution in [2.45, 2.75) is 38.1 Å². The number of H-pyrrole nitrogens is 1. The zero-order valence-corrected chi connectivity index (χ0v) is 25.0. The molecule has 6 rings (SSSR count). The molecule has 5 N–H and O–H groups in total. The van der Waals surface area contributed by atoms with Gasteiger partial charge in [-0.1, -0.05) is 48.5 Å². The topological polar surface area (TPSA) is 157 Å². The van der Waals surface area contributed by atoms with Crippen molar-refractivity contribution in [3.05, 3.63) is 90.8 Å². The van der Waals surface area contributed by atoms with E-state index >= 15 is 0 Å². The van der Waals surface area contributed by atoms with Crippen LogP contribution in [0.5, 0.6) is 0 Å². The maximum atomic E-state index is 13.9. The molecule has 2 aromatic heterocycles. The SMILES string of the molecule is Cl.NC[C@H]1CC[C@H](C(=O)N(C(=O)[C@@H](N)Cc2ccc(-c3cncc4ccccc34)cc2)c2ccc(-c3nn[nH]n3)cc2)CC1. The molecule has 5 aromatic rings. The monoisotopic (exact) mass is 610 g/mol. The number of nitrogens with zero attached hydrogens (tertiary/aromatic N) is 5. The highest BCUT2D eigenvalue weighted by Crippen LogP contribution is 2.32. The van der Waals surface area contributed by atoms with E-state index in [4.69, 9.17) is 11.5 Å². The Hall–Kier alpha value is -4.51. The minimum absolute atomic E-state index is 0. The number of tetrazole rings is 1. The second kappa shape index (κ2) is 13.9. The maximum Gasteiger partial charge on any atom is 0.251 e. The van der Waals surface area contributed by atoms with Crippen LogP contribution in [0.1, 0.15) is 31.2 Å². The number of imide groups is 1. The number of benzene rings is 3. The van der Waals surface area contributed by atoms with Gasteiger partial charge in [-0.05, 0) is 90.6 Å². The fourth-order valence-electron chi connectivity index (χ4n) is 5.91. The number of aromatic amines is 1. The van der Waals surface area contributed by atoms with Gasteiger partial charge in [-0.3, -0.25) is 14.6 Å². The van der Waals surface area contributed by atoms with E-state index in [9.17, 15) is 9.59 Å². The standard InChI is InChI=1S/C33H34N8O2.ClH/c34-18-22-7-11-25(12-8-22)32(42)41(27-15-13-24(14-16-27)31-37-39-40-38-31)33(43)30(35)17-21-5-9-23(10-6-21)29-20-36-19-26-3-1-2-4-28(26)29;/h1-6,9-10,13-16,19-20,22,25,30H,7-8,11-12,17-18,34-35H2,(H,37,38,39,40);1H/t22-,25-,30-;/m0./s1. The van der Waals surface area contributed by atoms with Crippen LogP contribution in [0.15, 0.2) is 85.2 Å². The molecule has 2 heterocycles. The van der Waals surface area contributed by atoms with Gasteiger partial charge in [0.25, 0.3) is 5.91 Å². The summed E-state index contributed by atoms with van der Waals surface area (Å²) in [5.74, 6) is -0.0698. The van der Waals surface area contributed by atoms with Crippen molar-refractivity contribution in [2.24, 2.45) is 23.3 Å². The molecule has 1 saturated carbocycles. The van der Waals surface area contributed by atoms with Crippen LogP contribution in [-0.2, 0) is 16.0 Å². The van der Waals surface area contributed by atoms with Crippen LogP contribution < -0.4 is 16.4 Å². The van der Waals surface area contributed by atoms with Gasteiger partial charge in [0.15, 0.2) is 0 Å². The highest BCUT2D eigenvalue weighted by atomic mass is 35.5. The summed E-state index contributed by atoms with van der Waals surface area (Å²) in [5, 5.41) is 16.2. The van der Waals surface area contributed by atoms with E-state index < -0.39 is 11.9 Å². The van der Waals surface area contributed by atoms with E-state index in [1.54, 1.807) is 24.3 Å². The smallest absolute Gasteiger partial charge is 0.251 e. The summed E-state index contributed by atoms with van der Waals surface area (Å²) >= 11 is 0. The van der Waals surface area contributed by atoms with E-state index in [0.717, 1.165) is 40.3 Å². The van der Waals surface area contributed by atoms with E-state index in [-0.39, 0.29) is 30.7 Å². The first-order chi connectivity index (χ1) is 21.0. The summed E-state index contributed by atoms with van der Waals surface area (Å²) in [5.41, 5.74) is 16.6. The first-order valence-electron chi connectivity index (χ1n) is 14.6. The van der Waals surface area contributed by atoms with Crippen molar-refractivity contribution in [1.82, 2.24) is 25.6 Å². The van der Waals surface area contributed by atoms with Crippen LogP contribution in [0.3, 0.4) is 0 Å². The molecule has 0 aliphatic heterocycles. The number of rotatable bonds is 8. The molecule has 0 radical (unpaired) electrons. The summed E-state index contributed by atoms with van der Waals surface area (Å²) in [4.78, 5) is 33.5. The number of hydrogen-bond donors (Lipinski definition) is 3. The predicted molar refractivity (Wildman–Crippen MR) is 173 cm³/mol. The van der Waals surface area contributed by atoms with Crippen molar-refractivity contribution >= 4 is 40.7 Å². The van der Waals surface area contributed by atoms with Gasteiger partial charge in [-0.25, -0.2) is 4.90 Å². The summed E-state index contributed by atoms with van der Waals surface area (Å²) in [6.07, 6.45) is 7.15. The number of carbonyl (C=O) groups is 2. The molecule has 0 spiro atoms. The Kier molecular flexibility index (Phi) is 9.74. The number of nitrogens with two attached hydrogens (primary N) is 2. The number of pyridine rings is 1. The molecule has 1 fully saturated rings. The molecular formula is C33H35ClN8O2. The van der Waals surface area contributed by atoms with E-state index in [2.05, 4.69) is 31.7 Å². The van der Waals surface area contributed by atoms with Gasteiger partial charge in [0.1, 0.15) is 0 Å². The van der Waals surface area contributed by atoms with Crippen LogP contribution in [0.4, 0.5) is 5.69 Å². The number of amides is 2. The molecule has 0 unspecified atom stereocenters. The second-order valence-corrected chi connectivity index (χ2v) is 11.2. The Balaban J connectivity index is 0.00000384. The lowest BCUT2D eigenvalue weighted by Crippen LogP contribution is -2.50. The Bertz CT molecular complexity index is 1700. The highest BCUT2D eigenvalue weighted by molar-refractivity contribution is 6.17. The molecule has 1 aliphatic carbocycles. The summed E-state index contributed by atoms with van der Waals surface area (Å²) in [6, 6.07) is 22.2. The number of hydrogen-bond acceptors (Lipinski definition) is 8. The minimum atomic E-state index is -0.911. The zero-order valence-electron chi connectivity index (χ0n) is 24.2. The largest absolute Gasteiger partial charge is 0.330 e. The molecule has 1 aliphatic rings. The van der Waals surface area contributed by atoms with E-state index in [1.165, 1.54) is 4.90 Å². The van der Waals surface area contributed by atoms with Crippen LogP contribution >= 0.6 is 12.4 Å². The van der Waals surface area contributed by atoms with Crippen LogP contribution in [0.25, 0.3) is 33.3 Å². The molecule has 10 nitrogen and oxygen atoms in total. The Morgan fingerprint density at radius 2 is 1.61 bits per heavy atom. The lowest BCUT2D eigenvalue weighted by atomic mass is 9.81. The molecule has 1 atom stereocenters. The molecule has 0 saturated heterocycles. The van der Waals surface area contributed by atoms with Crippen LogP contribution in [-0.4, -0.2) is 50.0 Å². The number of halogens is 1. The molecule has 0 bridgehead atoms. The minimum Gasteiger partial charge on any atom is -0.330 e. The first-order valence-corrected chi connectivity index (χ1v) is 14.6. The van der Waals surface area contributed by atoms with Crippen molar-refractivity contribution in [3.8, 4) is 22.5 Å². The third kappa shape index (κ3) is 6.52. The lowest BCUT2D eigenvalue weighted by Gasteiger charge is -2.32. The first kappa shape index (κ1) is 30.9. The average Bonchev–Trinajstić information content (AvgIpc) is 3.60. The molecular weight excluding hydrogens is 576 g/mol. The van der Waals surface area contributed by atoms with Crippen molar-refractivity contribution < 1.29 is 9.59 Å². The third-order valence-corrected chi connectivity index (χ3v) is 8.41. The van der Waals surface area contributed by atoms with Gasteiger partial charge in [0, 0.05) is 34.8 Å². The van der Waals surface area contributed by atoms with Crippen LogP contribution in [0.2, 0.25) is 0 Å². The van der Waals surface area contributed by atoms with Crippen molar-refractivity contribution in [3.63, 3.8) is 0 Å². The van der Waals surface area contributed by atoms with Crippen molar-refractivity contribution in [2.75, 3.05) is 11.4 Å². The normalized spacial score (nSPS) is 17.0. The Morgan fingerprint density at radius 3 is 2.30 bits per heavy atom. The van der Waals surface area contributed by atoms with E-state index in [0.29, 0.717) is 42.4 Å². The average molecular weight is 611 g/mol. The molecule has 44 heavy (non-hydrogen) atoms. The molecule has 11 heteroatoms. The van der Waals surface area contributed by atoms with Gasteiger partial charge in [-0.2, -0.15) is 5.21 Å². The van der Waals surface area contributed by atoms with Gasteiger partial charge in [-0.15, -0.1) is 22.6 Å².